The van der Waals surface area contributed by atoms with Crippen LogP contribution >= 0.6 is 27.3 Å². The van der Waals surface area contributed by atoms with Crippen LogP contribution in [0.1, 0.15) is 11.5 Å². The molecule has 0 aliphatic rings. The van der Waals surface area contributed by atoms with Crippen molar-refractivity contribution in [3.8, 4) is 10.8 Å². The van der Waals surface area contributed by atoms with Crippen LogP contribution in [0.5, 0.6) is 0 Å². The number of aromatic nitrogens is 1. The second kappa shape index (κ2) is 3.84. The molecule has 5 heteroatoms. The van der Waals surface area contributed by atoms with Gasteiger partial charge in [0.15, 0.2) is 5.76 Å². The van der Waals surface area contributed by atoms with Gasteiger partial charge in [-0.3, -0.25) is 0 Å². The predicted molar refractivity (Wildman–Crippen MR) is 58.2 cm³/mol. The van der Waals surface area contributed by atoms with E-state index in [0.717, 1.165) is 14.4 Å². The van der Waals surface area contributed by atoms with Crippen LogP contribution in [0.3, 0.4) is 0 Å². The summed E-state index contributed by atoms with van der Waals surface area (Å²) in [5.41, 5.74) is 0.743. The molecule has 1 N–H and O–H groups in total. The Morgan fingerprint density at radius 2 is 2.36 bits per heavy atom. The summed E-state index contributed by atoms with van der Waals surface area (Å²) in [4.78, 5) is 5.19. The molecular formula is C9H8BrNO2S. The second-order valence-corrected chi connectivity index (χ2v) is 5.25. The number of oxazole rings is 1. The highest BCUT2D eigenvalue weighted by molar-refractivity contribution is 9.11. The van der Waals surface area contributed by atoms with Gasteiger partial charge in [0.25, 0.3) is 0 Å². The lowest BCUT2D eigenvalue weighted by Crippen LogP contribution is -1.81. The van der Waals surface area contributed by atoms with Crippen molar-refractivity contribution >= 4 is 27.3 Å². The normalized spacial score (nSPS) is 10.8. The number of halogens is 1. The summed E-state index contributed by atoms with van der Waals surface area (Å²) in [6.07, 6.45) is 0. The van der Waals surface area contributed by atoms with Crippen LogP contribution in [-0.4, -0.2) is 10.1 Å². The van der Waals surface area contributed by atoms with Crippen molar-refractivity contribution < 1.29 is 9.52 Å². The van der Waals surface area contributed by atoms with Gasteiger partial charge >= 0.3 is 0 Å². The molecule has 0 aliphatic carbocycles. The first-order valence-electron chi connectivity index (χ1n) is 4.03. The molecule has 2 heterocycles. The van der Waals surface area contributed by atoms with E-state index in [2.05, 4.69) is 20.9 Å². The van der Waals surface area contributed by atoms with Crippen LogP contribution < -0.4 is 0 Å². The molecule has 0 saturated carbocycles. The van der Waals surface area contributed by atoms with Crippen LogP contribution in [0.25, 0.3) is 10.8 Å². The molecule has 0 unspecified atom stereocenters. The lowest BCUT2D eigenvalue weighted by molar-refractivity contribution is 0.247. The third-order valence-electron chi connectivity index (χ3n) is 1.82. The average molecular weight is 274 g/mol. The number of rotatable bonds is 2. The predicted octanol–water partition coefficient (Wildman–Crippen LogP) is 2.97. The lowest BCUT2D eigenvalue weighted by atomic mass is 10.4. The Hall–Kier alpha value is -0.650. The van der Waals surface area contributed by atoms with E-state index >= 15 is 0 Å². The number of aryl methyl sites for hydroxylation is 1. The zero-order valence-electron chi connectivity index (χ0n) is 7.45. The van der Waals surface area contributed by atoms with Gasteiger partial charge in [0.05, 0.1) is 14.4 Å². The minimum absolute atomic E-state index is 0.106. The Bertz CT molecular complexity index is 449. The number of thiophene rings is 1. The topological polar surface area (TPSA) is 46.3 Å². The first-order valence-corrected chi connectivity index (χ1v) is 5.64. The van der Waals surface area contributed by atoms with E-state index in [0.29, 0.717) is 11.7 Å². The van der Waals surface area contributed by atoms with Crippen molar-refractivity contribution in [1.82, 2.24) is 4.98 Å². The molecule has 74 valence electrons. The molecule has 2 aromatic heterocycles. The molecule has 0 radical (unpaired) electrons. The van der Waals surface area contributed by atoms with Gasteiger partial charge in [0.1, 0.15) is 6.61 Å². The zero-order chi connectivity index (χ0) is 10.1. The zero-order valence-corrected chi connectivity index (χ0v) is 9.85. The smallest absolute Gasteiger partial charge is 0.236 e. The van der Waals surface area contributed by atoms with E-state index < -0.39 is 0 Å². The van der Waals surface area contributed by atoms with Crippen LogP contribution in [0.15, 0.2) is 20.3 Å². The van der Waals surface area contributed by atoms with Crippen molar-refractivity contribution in [2.45, 2.75) is 13.5 Å². The minimum Gasteiger partial charge on any atom is -0.438 e. The summed E-state index contributed by atoms with van der Waals surface area (Å²) >= 11 is 4.92. The first-order chi connectivity index (χ1) is 6.70. The molecular weight excluding hydrogens is 266 g/mol. The van der Waals surface area contributed by atoms with E-state index in [9.17, 15) is 0 Å². The molecule has 0 spiro atoms. The Labute approximate surface area is 93.5 Å². The Morgan fingerprint density at radius 3 is 2.86 bits per heavy atom. The Kier molecular flexibility index (Phi) is 2.71. The molecule has 0 saturated heterocycles. The van der Waals surface area contributed by atoms with Crippen LogP contribution in [0.2, 0.25) is 0 Å². The second-order valence-electron chi connectivity index (χ2n) is 2.79. The number of hydrogen-bond acceptors (Lipinski definition) is 4. The molecule has 2 aromatic rings. The third-order valence-corrected chi connectivity index (χ3v) is 3.43. The van der Waals surface area contributed by atoms with Crippen LogP contribution in [0.4, 0.5) is 0 Å². The Balaban J connectivity index is 2.42. The summed E-state index contributed by atoms with van der Waals surface area (Å²) in [5.74, 6) is 1.10. The Morgan fingerprint density at radius 1 is 1.57 bits per heavy atom. The van der Waals surface area contributed by atoms with E-state index in [1.165, 1.54) is 0 Å². The van der Waals surface area contributed by atoms with E-state index in [1.807, 2.05) is 19.1 Å². The third kappa shape index (κ3) is 1.75. The number of aliphatic hydroxyl groups is 1. The van der Waals surface area contributed by atoms with Crippen LogP contribution in [0, 0.1) is 6.92 Å². The molecule has 0 aromatic carbocycles. The van der Waals surface area contributed by atoms with Gasteiger partial charge in [0.2, 0.25) is 5.89 Å². The fourth-order valence-corrected chi connectivity index (χ4v) is 2.42. The largest absolute Gasteiger partial charge is 0.438 e. The molecule has 0 atom stereocenters. The van der Waals surface area contributed by atoms with Crippen molar-refractivity contribution in [1.29, 1.82) is 0 Å². The average Bonchev–Trinajstić information content (AvgIpc) is 2.71. The van der Waals surface area contributed by atoms with E-state index in [4.69, 9.17) is 9.52 Å². The highest BCUT2D eigenvalue weighted by Crippen LogP contribution is 2.31. The minimum atomic E-state index is -0.106. The molecule has 2 rings (SSSR count). The molecule has 0 fully saturated rings. The maximum absolute atomic E-state index is 8.94. The fourth-order valence-electron chi connectivity index (χ4n) is 1.11. The summed E-state index contributed by atoms with van der Waals surface area (Å²) in [7, 11) is 0. The standard InChI is InChI=1S/C9H8BrNO2S/c1-5-6(4-12)13-9(11-5)7-2-3-8(10)14-7/h2-3,12H,4H2,1H3. The maximum atomic E-state index is 8.94. The van der Waals surface area contributed by atoms with Gasteiger partial charge in [-0.1, -0.05) is 0 Å². The molecule has 0 bridgehead atoms. The first kappa shape index (κ1) is 9.89. The van der Waals surface area contributed by atoms with Gasteiger partial charge in [-0.2, -0.15) is 0 Å². The van der Waals surface area contributed by atoms with Gasteiger partial charge in [-0.15, -0.1) is 11.3 Å². The summed E-state index contributed by atoms with van der Waals surface area (Å²) in [5, 5.41) is 8.94. The van der Waals surface area contributed by atoms with Gasteiger partial charge in [0, 0.05) is 0 Å². The fraction of sp³-hybridized carbons (Fsp3) is 0.222. The van der Waals surface area contributed by atoms with Gasteiger partial charge in [-0.25, -0.2) is 4.98 Å². The van der Waals surface area contributed by atoms with Crippen molar-refractivity contribution in [3.63, 3.8) is 0 Å². The SMILES string of the molecule is Cc1nc(-c2ccc(Br)s2)oc1CO. The molecule has 0 aliphatic heterocycles. The molecule has 0 amide bonds. The summed E-state index contributed by atoms with van der Waals surface area (Å²) in [6, 6.07) is 3.87. The number of hydrogen-bond donors (Lipinski definition) is 1. The molecule has 14 heavy (non-hydrogen) atoms. The van der Waals surface area contributed by atoms with Crippen molar-refractivity contribution in [3.05, 3.63) is 27.4 Å². The van der Waals surface area contributed by atoms with Crippen molar-refractivity contribution in [2.24, 2.45) is 0 Å². The summed E-state index contributed by atoms with van der Waals surface area (Å²) < 4.78 is 6.43. The summed E-state index contributed by atoms with van der Waals surface area (Å²) in [6.45, 7) is 1.71. The quantitative estimate of drug-likeness (QED) is 0.915. The van der Waals surface area contributed by atoms with E-state index in [-0.39, 0.29) is 6.61 Å². The maximum Gasteiger partial charge on any atom is 0.236 e. The van der Waals surface area contributed by atoms with Crippen molar-refractivity contribution in [2.75, 3.05) is 0 Å². The monoisotopic (exact) mass is 273 g/mol. The highest BCUT2D eigenvalue weighted by Gasteiger charge is 2.11. The highest BCUT2D eigenvalue weighted by atomic mass is 79.9. The molecule has 3 nitrogen and oxygen atoms in total. The van der Waals surface area contributed by atoms with Crippen LogP contribution in [-0.2, 0) is 6.61 Å². The number of nitrogens with zero attached hydrogens (tertiary/aromatic N) is 1. The van der Waals surface area contributed by atoms with Gasteiger partial charge in [-0.05, 0) is 35.0 Å². The van der Waals surface area contributed by atoms with E-state index in [1.54, 1.807) is 11.3 Å². The number of aliphatic hydroxyl groups excluding tert-OH is 1. The van der Waals surface area contributed by atoms with Gasteiger partial charge < -0.3 is 9.52 Å². The lowest BCUT2D eigenvalue weighted by Gasteiger charge is -1.87.